The first-order valence-electron chi connectivity index (χ1n) is 4.43. The third-order valence-corrected chi connectivity index (χ3v) is 3.65. The second-order valence-corrected chi connectivity index (χ2v) is 5.58. The Morgan fingerprint density at radius 2 is 2.25 bits per heavy atom. The maximum absolute atomic E-state index is 13.1. The van der Waals surface area contributed by atoms with Crippen LogP contribution in [0, 0.1) is 5.82 Å². The molecule has 7 heteroatoms. The summed E-state index contributed by atoms with van der Waals surface area (Å²) in [5.41, 5.74) is 6.38. The number of hydrogen-bond donors (Lipinski definition) is 1. The van der Waals surface area contributed by atoms with Crippen LogP contribution in [0.4, 0.5) is 10.1 Å². The molecular weight excluding hydrogens is 251 g/mol. The predicted octanol–water partition coefficient (Wildman–Crippen LogP) is 1.88. The lowest BCUT2D eigenvalue weighted by Crippen LogP contribution is -1.99. The molecule has 0 saturated heterocycles. The van der Waals surface area contributed by atoms with Gasteiger partial charge in [-0.3, -0.25) is 0 Å². The first-order chi connectivity index (χ1) is 7.47. The Morgan fingerprint density at radius 3 is 2.81 bits per heavy atom. The van der Waals surface area contributed by atoms with Gasteiger partial charge in [0.1, 0.15) is 5.82 Å². The second-order valence-electron chi connectivity index (χ2n) is 2.82. The third kappa shape index (κ3) is 3.21. The van der Waals surface area contributed by atoms with Gasteiger partial charge in [-0.25, -0.2) is 4.39 Å². The van der Waals surface area contributed by atoms with E-state index in [1.165, 1.54) is 29.4 Å². The van der Waals surface area contributed by atoms with Gasteiger partial charge in [-0.05, 0) is 24.0 Å². The smallest absolute Gasteiger partial charge is 0.282 e. The van der Waals surface area contributed by atoms with Crippen molar-refractivity contribution >= 4 is 33.0 Å². The molecule has 0 aliphatic heterocycles. The van der Waals surface area contributed by atoms with Gasteiger partial charge < -0.3 is 5.73 Å². The lowest BCUT2D eigenvalue weighted by atomic mass is 10.3. The molecule has 0 amide bonds. The van der Waals surface area contributed by atoms with E-state index >= 15 is 0 Å². The van der Waals surface area contributed by atoms with Crippen molar-refractivity contribution < 1.29 is 12.8 Å². The Bertz CT molecular complexity index is 500. The van der Waals surface area contributed by atoms with Gasteiger partial charge in [0.15, 0.2) is 0 Å². The summed E-state index contributed by atoms with van der Waals surface area (Å²) in [5.74, 6) is -0.0470. The number of hydrogen-bond acceptors (Lipinski definition) is 4. The van der Waals surface area contributed by atoms with E-state index in [0.717, 1.165) is 11.8 Å². The Hall–Kier alpha value is -1.08. The van der Waals surface area contributed by atoms with Crippen LogP contribution in [0.25, 0.3) is 0 Å². The van der Waals surface area contributed by atoms with Crippen LogP contribution in [0.3, 0.4) is 0 Å². The van der Waals surface area contributed by atoms with Gasteiger partial charge in [0.05, 0.1) is 16.1 Å². The van der Waals surface area contributed by atoms with Crippen molar-refractivity contribution in [2.75, 3.05) is 11.5 Å². The average molecular weight is 262 g/mol. The van der Waals surface area contributed by atoms with Gasteiger partial charge in [-0.2, -0.15) is 12.8 Å². The lowest BCUT2D eigenvalue weighted by Gasteiger charge is -2.00. The number of thioether (sulfide) groups is 1. The Kier molecular flexibility index (Phi) is 4.31. The van der Waals surface area contributed by atoms with Gasteiger partial charge in [0.2, 0.25) is 0 Å². The molecule has 16 heavy (non-hydrogen) atoms. The lowest BCUT2D eigenvalue weighted by molar-refractivity contribution is 0.593. The van der Waals surface area contributed by atoms with Crippen molar-refractivity contribution in [3.05, 3.63) is 24.0 Å². The normalized spacial score (nSPS) is 12.1. The number of benzene rings is 1. The minimum atomic E-state index is -3.82. The highest BCUT2D eigenvalue weighted by atomic mass is 32.2. The number of nitrogen functional groups attached to an aromatic ring is 1. The summed E-state index contributed by atoms with van der Waals surface area (Å²) in [6.45, 7) is 1.87. The maximum atomic E-state index is 13.1. The summed E-state index contributed by atoms with van der Waals surface area (Å²) in [4.78, 5) is -0.202. The Morgan fingerprint density at radius 1 is 1.56 bits per heavy atom. The van der Waals surface area contributed by atoms with Crippen molar-refractivity contribution in [1.29, 1.82) is 0 Å². The molecule has 1 rings (SSSR count). The Labute approximate surface area is 97.8 Å². The van der Waals surface area contributed by atoms with Crippen molar-refractivity contribution in [3.8, 4) is 0 Å². The monoisotopic (exact) mass is 262 g/mol. The molecule has 0 aliphatic carbocycles. The van der Waals surface area contributed by atoms with Crippen LogP contribution in [0.15, 0.2) is 27.5 Å². The van der Waals surface area contributed by atoms with E-state index in [1.807, 2.05) is 6.92 Å². The molecule has 0 spiro atoms. The molecule has 0 radical (unpaired) electrons. The van der Waals surface area contributed by atoms with E-state index in [1.54, 1.807) is 0 Å². The zero-order valence-electron chi connectivity index (χ0n) is 8.55. The summed E-state index contributed by atoms with van der Waals surface area (Å²) in [5, 5.41) is 0. The summed E-state index contributed by atoms with van der Waals surface area (Å²) in [7, 11) is -3.82. The fraction of sp³-hybridized carbons (Fsp3) is 0.222. The quantitative estimate of drug-likeness (QED) is 0.511. The predicted molar refractivity (Wildman–Crippen MR) is 64.6 cm³/mol. The number of anilines is 1. The van der Waals surface area contributed by atoms with E-state index < -0.39 is 15.8 Å². The van der Waals surface area contributed by atoms with Crippen molar-refractivity contribution in [2.45, 2.75) is 11.8 Å². The summed E-state index contributed by atoms with van der Waals surface area (Å²) >= 11 is 1.25. The molecule has 0 unspecified atom stereocenters. The number of sulfonamides is 1. The van der Waals surface area contributed by atoms with E-state index in [2.05, 4.69) is 4.40 Å². The van der Waals surface area contributed by atoms with E-state index in [0.29, 0.717) is 0 Å². The fourth-order valence-electron chi connectivity index (χ4n) is 0.891. The van der Waals surface area contributed by atoms with Crippen LogP contribution in [-0.2, 0) is 10.0 Å². The van der Waals surface area contributed by atoms with Crippen LogP contribution >= 0.6 is 11.8 Å². The average Bonchev–Trinajstić information content (AvgIpc) is 2.22. The standard InChI is InChI=1S/C9H11FN2O2S2/c1-2-15-6-12-16(13,14)7-3-4-9(11)8(10)5-7/h3-6H,2,11H2,1H3. The molecule has 0 bridgehead atoms. The van der Waals surface area contributed by atoms with Crippen LogP contribution in [0.2, 0.25) is 0 Å². The molecule has 0 fully saturated rings. The summed E-state index contributed by atoms with van der Waals surface area (Å²) in [6.07, 6.45) is 0. The topological polar surface area (TPSA) is 72.5 Å². The molecular formula is C9H11FN2O2S2. The molecule has 4 nitrogen and oxygen atoms in total. The second kappa shape index (κ2) is 5.31. The largest absolute Gasteiger partial charge is 0.396 e. The first-order valence-corrected chi connectivity index (χ1v) is 6.91. The van der Waals surface area contributed by atoms with Crippen LogP contribution in [0.5, 0.6) is 0 Å². The number of nitrogens with zero attached hydrogens (tertiary/aromatic N) is 1. The molecule has 0 heterocycles. The maximum Gasteiger partial charge on any atom is 0.282 e. The van der Waals surface area contributed by atoms with E-state index in [-0.39, 0.29) is 10.6 Å². The minimum absolute atomic E-state index is 0.0918. The highest BCUT2D eigenvalue weighted by Gasteiger charge is 2.13. The summed E-state index contributed by atoms with van der Waals surface area (Å²) < 4.78 is 39.5. The van der Waals surface area contributed by atoms with Crippen molar-refractivity contribution in [1.82, 2.24) is 0 Å². The van der Waals surface area contributed by atoms with Crippen molar-refractivity contribution in [3.63, 3.8) is 0 Å². The first kappa shape index (κ1) is 13.0. The van der Waals surface area contributed by atoms with Gasteiger partial charge in [0.25, 0.3) is 10.0 Å². The Balaban J connectivity index is 3.03. The van der Waals surface area contributed by atoms with Gasteiger partial charge in [0, 0.05) is 0 Å². The molecule has 1 aromatic rings. The SMILES string of the molecule is CCSC=NS(=O)(=O)c1ccc(N)c(F)c1. The molecule has 0 saturated carbocycles. The molecule has 2 N–H and O–H groups in total. The molecule has 0 atom stereocenters. The molecule has 1 aromatic carbocycles. The fourth-order valence-corrected chi connectivity index (χ4v) is 2.35. The van der Waals surface area contributed by atoms with Crippen LogP contribution in [-0.4, -0.2) is 19.7 Å². The van der Waals surface area contributed by atoms with Crippen LogP contribution < -0.4 is 5.73 Å². The minimum Gasteiger partial charge on any atom is -0.396 e. The van der Waals surface area contributed by atoms with Gasteiger partial charge in [-0.15, -0.1) is 11.8 Å². The molecule has 88 valence electrons. The molecule has 0 aromatic heterocycles. The van der Waals surface area contributed by atoms with Crippen LogP contribution in [0.1, 0.15) is 6.92 Å². The highest BCUT2D eigenvalue weighted by molar-refractivity contribution is 8.12. The number of rotatable bonds is 4. The van der Waals surface area contributed by atoms with Crippen molar-refractivity contribution in [2.24, 2.45) is 4.40 Å². The van der Waals surface area contributed by atoms with Gasteiger partial charge in [-0.1, -0.05) is 6.92 Å². The van der Waals surface area contributed by atoms with Gasteiger partial charge >= 0.3 is 0 Å². The van der Waals surface area contributed by atoms with E-state index in [4.69, 9.17) is 5.73 Å². The van der Waals surface area contributed by atoms with E-state index in [9.17, 15) is 12.8 Å². The summed E-state index contributed by atoms with van der Waals surface area (Å²) in [6, 6.07) is 3.28. The highest BCUT2D eigenvalue weighted by Crippen LogP contribution is 2.18. The zero-order chi connectivity index (χ0) is 12.2. The number of halogens is 1. The third-order valence-electron chi connectivity index (χ3n) is 1.69. The zero-order valence-corrected chi connectivity index (χ0v) is 10.2. The molecule has 0 aliphatic rings. The number of nitrogens with two attached hydrogens (primary N) is 1.